The summed E-state index contributed by atoms with van der Waals surface area (Å²) >= 11 is 0. The van der Waals surface area contributed by atoms with Gasteiger partial charge in [-0.1, -0.05) is 64.7 Å². The summed E-state index contributed by atoms with van der Waals surface area (Å²) in [4.78, 5) is 26.1. The molecule has 0 aromatic heterocycles. The van der Waals surface area contributed by atoms with Crippen molar-refractivity contribution in [2.24, 2.45) is 4.99 Å². The maximum Gasteiger partial charge on any atom is 1.00 e. The Kier molecular flexibility index (Phi) is 20.4. The van der Waals surface area contributed by atoms with E-state index in [1.54, 1.807) is 0 Å². The smallest absolute Gasteiger partial charge is 1.00 e. The number of hydrogen-bond donors (Lipinski definition) is 2. The molecule has 1 heterocycles. The normalized spacial score (nSPS) is 12.7. The second-order valence-electron chi connectivity index (χ2n) is 6.56. The van der Waals surface area contributed by atoms with Crippen LogP contribution >= 0.6 is 0 Å². The van der Waals surface area contributed by atoms with Crippen molar-refractivity contribution < 1.29 is 50.8 Å². The van der Waals surface area contributed by atoms with Crippen LogP contribution in [-0.4, -0.2) is 52.5 Å². The minimum atomic E-state index is -0.833. The summed E-state index contributed by atoms with van der Waals surface area (Å²) in [5, 5.41) is 16.3. The summed E-state index contributed by atoms with van der Waals surface area (Å²) in [6.45, 7) is 4.99. The molecule has 2 N–H and O–H groups in total. The Morgan fingerprint density at radius 3 is 1.92 bits per heavy atom. The summed E-state index contributed by atoms with van der Waals surface area (Å²) < 4.78 is 0. The molecule has 1 aliphatic heterocycles. The van der Waals surface area contributed by atoms with Gasteiger partial charge in [0.25, 0.3) is 5.97 Å². The van der Waals surface area contributed by atoms with E-state index in [-0.39, 0.29) is 37.5 Å². The second-order valence-corrected chi connectivity index (χ2v) is 6.56. The molecule has 0 radical (unpaired) electrons. The van der Waals surface area contributed by atoms with Crippen molar-refractivity contribution in [1.29, 1.82) is 0 Å². The Hall–Kier alpha value is -0.590. The molecule has 0 saturated heterocycles. The summed E-state index contributed by atoms with van der Waals surface area (Å²) in [6.07, 6.45) is 14.2. The summed E-state index contributed by atoms with van der Waals surface area (Å²) in [5.41, 5.74) is 0. The number of hydrogen-bond acceptors (Lipinski definition) is 4. The molecule has 1 aliphatic rings. The number of carbonyl (C=O) groups is 2. The third kappa shape index (κ3) is 18.2. The molecule has 26 heavy (non-hydrogen) atoms. The fourth-order valence-electron chi connectivity index (χ4n) is 2.87. The van der Waals surface area contributed by atoms with Gasteiger partial charge in [-0.05, 0) is 6.42 Å². The van der Waals surface area contributed by atoms with Gasteiger partial charge in [-0.15, -0.1) is 0 Å². The molecular weight excluding hydrogens is 343 g/mol. The topological polar surface area (TPSA) is 90.2 Å². The van der Waals surface area contributed by atoms with E-state index >= 15 is 0 Å². The van der Waals surface area contributed by atoms with Crippen LogP contribution in [0.25, 0.3) is 0 Å². The van der Waals surface area contributed by atoms with E-state index < -0.39 is 11.9 Å². The van der Waals surface area contributed by atoms with Gasteiger partial charge in [-0.2, -0.15) is 0 Å². The summed E-state index contributed by atoms with van der Waals surface area (Å²) in [5.74, 6) is -0.579. The first-order valence-corrected chi connectivity index (χ1v) is 9.67. The van der Waals surface area contributed by atoms with Gasteiger partial charge in [0.05, 0.1) is 12.4 Å². The zero-order chi connectivity index (χ0) is 18.9. The standard InChI is InChI=1S/C17H32N2O2.C2H4O2.Na.H/c1-2-3-4-5-6-7-8-9-10-11-12-16-18-13-14-19(16)15-17(20)21;1-2(3)4;;/h2-15H2,1H3,(H,20,21);1H3,(H,3,4);;/q;;+1;-1. The van der Waals surface area contributed by atoms with Crippen LogP contribution in [-0.2, 0) is 9.59 Å². The third-order valence-corrected chi connectivity index (χ3v) is 4.11. The van der Waals surface area contributed by atoms with E-state index in [1.165, 1.54) is 57.8 Å². The molecule has 7 heteroatoms. The van der Waals surface area contributed by atoms with Gasteiger partial charge in [0.2, 0.25) is 0 Å². The molecule has 6 nitrogen and oxygen atoms in total. The Morgan fingerprint density at radius 1 is 1.00 bits per heavy atom. The van der Waals surface area contributed by atoms with Crippen molar-refractivity contribution in [2.45, 2.75) is 84.5 Å². The van der Waals surface area contributed by atoms with Gasteiger partial charge in [-0.25, -0.2) is 0 Å². The van der Waals surface area contributed by atoms with Crippen LogP contribution in [0.1, 0.15) is 85.9 Å². The zero-order valence-corrected chi connectivity index (χ0v) is 19.0. The minimum absolute atomic E-state index is 0. The average Bonchev–Trinajstić information content (AvgIpc) is 2.95. The number of unbranched alkanes of at least 4 members (excludes halogenated alkanes) is 9. The van der Waals surface area contributed by atoms with Crippen molar-refractivity contribution in [2.75, 3.05) is 19.6 Å². The monoisotopic (exact) mass is 380 g/mol. The first-order chi connectivity index (χ1) is 12.0. The number of nitrogens with zero attached hydrogens (tertiary/aromatic N) is 2. The fourth-order valence-corrected chi connectivity index (χ4v) is 2.87. The summed E-state index contributed by atoms with van der Waals surface area (Å²) in [6, 6.07) is 0. The molecule has 0 spiro atoms. The maximum atomic E-state index is 10.7. The van der Waals surface area contributed by atoms with Crippen molar-refractivity contribution in [1.82, 2.24) is 4.90 Å². The number of amidine groups is 1. The van der Waals surface area contributed by atoms with Crippen molar-refractivity contribution >= 4 is 17.8 Å². The van der Waals surface area contributed by atoms with Crippen molar-refractivity contribution in [3.63, 3.8) is 0 Å². The van der Waals surface area contributed by atoms with Crippen LogP contribution in [0, 0.1) is 0 Å². The Bertz CT molecular complexity index is 405. The van der Waals surface area contributed by atoms with E-state index in [0.29, 0.717) is 0 Å². The molecule has 0 unspecified atom stereocenters. The molecule has 0 aromatic rings. The Labute approximate surface area is 182 Å². The Balaban J connectivity index is -0.000000871. The van der Waals surface area contributed by atoms with Crippen LogP contribution in [0.5, 0.6) is 0 Å². The maximum absolute atomic E-state index is 10.7. The first kappa shape index (κ1) is 27.6. The molecule has 0 amide bonds. The van der Waals surface area contributed by atoms with Gasteiger partial charge in [0.1, 0.15) is 6.54 Å². The van der Waals surface area contributed by atoms with Gasteiger partial charge >= 0.3 is 35.5 Å². The number of aliphatic imine (C=N–C) groups is 1. The molecule has 0 aliphatic carbocycles. The average molecular weight is 381 g/mol. The summed E-state index contributed by atoms with van der Waals surface area (Å²) in [7, 11) is 0. The van der Waals surface area contributed by atoms with Crippen LogP contribution < -0.4 is 29.6 Å². The van der Waals surface area contributed by atoms with Gasteiger partial charge in [-0.3, -0.25) is 14.6 Å². The SMILES string of the molecule is CC(=O)O.CCCCCCCCCCCCC1=NCCN1CC(=O)O.[H-].[Na+]. The predicted molar refractivity (Wildman–Crippen MR) is 102 cm³/mol. The van der Waals surface area contributed by atoms with Crippen LogP contribution in [0.4, 0.5) is 0 Å². The van der Waals surface area contributed by atoms with Gasteiger partial charge in [0, 0.05) is 19.9 Å². The van der Waals surface area contributed by atoms with Gasteiger partial charge in [0.15, 0.2) is 0 Å². The first-order valence-electron chi connectivity index (χ1n) is 9.67. The number of carboxylic acid groups (broad SMARTS) is 2. The number of rotatable bonds is 13. The van der Waals surface area contributed by atoms with E-state index in [4.69, 9.17) is 15.0 Å². The molecule has 0 fully saturated rings. The van der Waals surface area contributed by atoms with Crippen LogP contribution in [0.15, 0.2) is 4.99 Å². The van der Waals surface area contributed by atoms with E-state index in [1.807, 2.05) is 4.90 Å². The molecule has 0 saturated carbocycles. The predicted octanol–water partition coefficient (Wildman–Crippen LogP) is 1.30. The molecular formula is C19H37N2NaO4. The minimum Gasteiger partial charge on any atom is -1.00 e. The number of aliphatic carboxylic acids is 2. The molecule has 0 bridgehead atoms. The Morgan fingerprint density at radius 2 is 1.46 bits per heavy atom. The molecule has 148 valence electrons. The molecule has 1 rings (SSSR count). The van der Waals surface area contributed by atoms with E-state index in [9.17, 15) is 4.79 Å². The molecule has 0 aromatic carbocycles. The van der Waals surface area contributed by atoms with Crippen LogP contribution in [0.3, 0.4) is 0 Å². The fraction of sp³-hybridized carbons (Fsp3) is 0.842. The van der Waals surface area contributed by atoms with Crippen molar-refractivity contribution in [3.05, 3.63) is 0 Å². The van der Waals surface area contributed by atoms with E-state index in [0.717, 1.165) is 38.7 Å². The van der Waals surface area contributed by atoms with Crippen molar-refractivity contribution in [3.8, 4) is 0 Å². The third-order valence-electron chi connectivity index (χ3n) is 4.11. The second kappa shape index (κ2) is 19.2. The van der Waals surface area contributed by atoms with Gasteiger partial charge < -0.3 is 16.5 Å². The zero-order valence-electron chi connectivity index (χ0n) is 18.0. The quantitative estimate of drug-likeness (QED) is 0.371. The number of carboxylic acids is 2. The van der Waals surface area contributed by atoms with Crippen LogP contribution in [0.2, 0.25) is 0 Å². The molecule has 0 atom stereocenters. The largest absolute Gasteiger partial charge is 1.00 e. The van der Waals surface area contributed by atoms with E-state index in [2.05, 4.69) is 11.9 Å².